The third kappa shape index (κ3) is 5.98. The monoisotopic (exact) mass is 497 g/mol. The van der Waals surface area contributed by atoms with Gasteiger partial charge >= 0.3 is 0 Å². The van der Waals surface area contributed by atoms with Gasteiger partial charge in [0.2, 0.25) is 0 Å². The van der Waals surface area contributed by atoms with Crippen molar-refractivity contribution < 1.29 is 17.9 Å². The van der Waals surface area contributed by atoms with Gasteiger partial charge in [-0.05, 0) is 55.6 Å². The van der Waals surface area contributed by atoms with Crippen LogP contribution in [0, 0.1) is 0 Å². The van der Waals surface area contributed by atoms with Crippen molar-refractivity contribution in [2.75, 3.05) is 44.4 Å². The van der Waals surface area contributed by atoms with Crippen molar-refractivity contribution in [3.05, 3.63) is 48.0 Å². The van der Waals surface area contributed by atoms with E-state index in [0.717, 1.165) is 35.3 Å². The molecule has 1 aromatic heterocycles. The Labute approximate surface area is 199 Å². The maximum Gasteiger partial charge on any atom is 0.260 e. The number of benzene rings is 2. The maximum absolute atomic E-state index is 13.4. The summed E-state index contributed by atoms with van der Waals surface area (Å²) in [5, 5.41) is 0.604. The first-order valence-corrected chi connectivity index (χ1v) is 12.8. The number of methoxy groups -OCH3 is 1. The Morgan fingerprint density at radius 1 is 1.06 bits per heavy atom. The van der Waals surface area contributed by atoms with E-state index in [-0.39, 0.29) is 23.2 Å². The number of thiazole rings is 1. The van der Waals surface area contributed by atoms with Crippen molar-refractivity contribution in [1.82, 2.24) is 9.88 Å². The van der Waals surface area contributed by atoms with Crippen LogP contribution in [0.5, 0.6) is 5.75 Å². The zero-order valence-electron chi connectivity index (χ0n) is 18.6. The van der Waals surface area contributed by atoms with Gasteiger partial charge in [-0.15, -0.1) is 12.4 Å². The number of aromatic nitrogens is 1. The van der Waals surface area contributed by atoms with Crippen LogP contribution in [-0.4, -0.2) is 63.8 Å². The lowest BCUT2D eigenvalue weighted by molar-refractivity contribution is 0.0983. The van der Waals surface area contributed by atoms with Gasteiger partial charge in [-0.1, -0.05) is 25.2 Å². The number of amides is 1. The lowest BCUT2D eigenvalue weighted by Gasteiger charge is -2.24. The van der Waals surface area contributed by atoms with Crippen molar-refractivity contribution in [3.63, 3.8) is 0 Å². The van der Waals surface area contributed by atoms with E-state index in [1.165, 1.54) is 23.5 Å². The normalized spacial score (nSPS) is 11.4. The number of likely N-dealkylation sites (N-methyl/N-ethyl adjacent to an activating group) is 1. The van der Waals surface area contributed by atoms with E-state index in [1.807, 2.05) is 18.2 Å². The third-order valence-electron chi connectivity index (χ3n) is 5.12. The first kappa shape index (κ1) is 26.1. The predicted octanol–water partition coefficient (Wildman–Crippen LogP) is 4.12. The number of carbonyl (C=O) groups is 1. The molecule has 32 heavy (non-hydrogen) atoms. The SMILES string of the molecule is CCN(CC)CCN(C(=O)c1ccc(S(C)(=O)=O)cc1)c1nc2ccc(OC)cc2s1.Cl. The summed E-state index contributed by atoms with van der Waals surface area (Å²) in [4.78, 5) is 22.2. The largest absolute Gasteiger partial charge is 0.497 e. The number of nitrogens with zero attached hydrogens (tertiary/aromatic N) is 3. The summed E-state index contributed by atoms with van der Waals surface area (Å²) in [6.45, 7) is 7.13. The molecular formula is C22H28ClN3O4S2. The van der Waals surface area contributed by atoms with Crippen LogP contribution >= 0.6 is 23.7 Å². The third-order valence-corrected chi connectivity index (χ3v) is 7.29. The predicted molar refractivity (Wildman–Crippen MR) is 132 cm³/mol. The second kappa shape index (κ2) is 11.1. The van der Waals surface area contributed by atoms with Crippen LogP contribution in [0.4, 0.5) is 5.13 Å². The van der Waals surface area contributed by atoms with E-state index in [9.17, 15) is 13.2 Å². The fourth-order valence-electron chi connectivity index (χ4n) is 3.20. The minimum Gasteiger partial charge on any atom is -0.497 e. The minimum absolute atomic E-state index is 0. The molecule has 0 aliphatic carbocycles. The molecule has 0 bridgehead atoms. The topological polar surface area (TPSA) is 79.8 Å². The molecule has 3 aromatic rings. The van der Waals surface area contributed by atoms with Gasteiger partial charge in [0, 0.05) is 24.9 Å². The van der Waals surface area contributed by atoms with Crippen molar-refractivity contribution in [1.29, 1.82) is 0 Å². The molecule has 3 rings (SSSR count). The van der Waals surface area contributed by atoms with Crippen molar-refractivity contribution in [2.45, 2.75) is 18.7 Å². The molecule has 0 aliphatic rings. The van der Waals surface area contributed by atoms with Crippen LogP contribution in [0.3, 0.4) is 0 Å². The lowest BCUT2D eigenvalue weighted by atomic mass is 10.2. The Hall–Kier alpha value is -2.20. The Morgan fingerprint density at radius 3 is 2.28 bits per heavy atom. The van der Waals surface area contributed by atoms with Crippen molar-refractivity contribution >= 4 is 54.8 Å². The molecule has 1 heterocycles. The average Bonchev–Trinajstić information content (AvgIpc) is 3.18. The summed E-state index contributed by atoms with van der Waals surface area (Å²) in [5.74, 6) is 0.526. The molecule has 0 saturated carbocycles. The molecule has 0 atom stereocenters. The quantitative estimate of drug-likeness (QED) is 0.442. The highest BCUT2D eigenvalue weighted by molar-refractivity contribution is 7.90. The van der Waals surface area contributed by atoms with E-state index in [2.05, 4.69) is 23.7 Å². The van der Waals surface area contributed by atoms with E-state index in [0.29, 0.717) is 23.8 Å². The van der Waals surface area contributed by atoms with Gasteiger partial charge in [0.05, 0.1) is 22.2 Å². The zero-order valence-corrected chi connectivity index (χ0v) is 21.0. The number of halogens is 1. The lowest BCUT2D eigenvalue weighted by Crippen LogP contribution is -2.38. The van der Waals surface area contributed by atoms with E-state index in [1.54, 1.807) is 24.1 Å². The van der Waals surface area contributed by atoms with Crippen LogP contribution in [0.1, 0.15) is 24.2 Å². The standard InChI is InChI=1S/C22H27N3O4S2.ClH/c1-5-24(6-2)13-14-25(21(26)16-7-10-18(11-8-16)31(4,27)28)22-23-19-12-9-17(29-3)15-20(19)30-22;/h7-12,15H,5-6,13-14H2,1-4H3;1H. The maximum atomic E-state index is 13.4. The Balaban J connectivity index is 0.00000363. The highest BCUT2D eigenvalue weighted by atomic mass is 35.5. The van der Waals surface area contributed by atoms with Crippen LogP contribution < -0.4 is 9.64 Å². The second-order valence-corrected chi connectivity index (χ2v) is 10.1. The molecule has 10 heteroatoms. The molecule has 0 spiro atoms. The zero-order chi connectivity index (χ0) is 22.6. The van der Waals surface area contributed by atoms with Crippen LogP contribution in [0.2, 0.25) is 0 Å². The smallest absolute Gasteiger partial charge is 0.260 e. The van der Waals surface area contributed by atoms with Gasteiger partial charge in [-0.2, -0.15) is 0 Å². The van der Waals surface area contributed by atoms with Crippen molar-refractivity contribution in [3.8, 4) is 5.75 Å². The van der Waals surface area contributed by atoms with Crippen LogP contribution in [-0.2, 0) is 9.84 Å². The fraction of sp³-hybridized carbons (Fsp3) is 0.364. The molecule has 7 nitrogen and oxygen atoms in total. The Kier molecular flexibility index (Phi) is 9.03. The molecule has 1 amide bonds. The molecule has 0 fully saturated rings. The van der Waals surface area contributed by atoms with E-state index < -0.39 is 9.84 Å². The first-order chi connectivity index (χ1) is 14.8. The van der Waals surface area contributed by atoms with Gasteiger partial charge < -0.3 is 9.64 Å². The summed E-state index contributed by atoms with van der Waals surface area (Å²) >= 11 is 1.43. The summed E-state index contributed by atoms with van der Waals surface area (Å²) in [5.41, 5.74) is 1.22. The van der Waals surface area contributed by atoms with Gasteiger partial charge in [0.1, 0.15) is 5.75 Å². The number of ether oxygens (including phenoxy) is 1. The number of fused-ring (bicyclic) bond motifs is 1. The summed E-state index contributed by atoms with van der Waals surface area (Å²) in [6.07, 6.45) is 1.15. The van der Waals surface area contributed by atoms with Crippen molar-refractivity contribution in [2.24, 2.45) is 0 Å². The molecule has 0 aliphatic heterocycles. The minimum atomic E-state index is -3.32. The molecule has 0 unspecified atom stereocenters. The number of hydrogen-bond acceptors (Lipinski definition) is 7. The summed E-state index contributed by atoms with van der Waals surface area (Å²) in [7, 11) is -1.71. The van der Waals surface area contributed by atoms with Gasteiger partial charge in [-0.25, -0.2) is 13.4 Å². The molecule has 2 aromatic carbocycles. The number of rotatable bonds is 9. The molecule has 0 N–H and O–H groups in total. The average molecular weight is 498 g/mol. The number of hydrogen-bond donors (Lipinski definition) is 0. The number of anilines is 1. The first-order valence-electron chi connectivity index (χ1n) is 10.1. The Bertz CT molecular complexity index is 1160. The number of sulfone groups is 1. The number of carbonyl (C=O) groups excluding carboxylic acids is 1. The second-order valence-electron chi connectivity index (χ2n) is 7.11. The van der Waals surface area contributed by atoms with Gasteiger partial charge in [-0.3, -0.25) is 9.69 Å². The van der Waals surface area contributed by atoms with Crippen LogP contribution in [0.25, 0.3) is 10.2 Å². The summed E-state index contributed by atoms with van der Waals surface area (Å²) < 4.78 is 29.7. The Morgan fingerprint density at radius 2 is 1.72 bits per heavy atom. The highest BCUT2D eigenvalue weighted by Crippen LogP contribution is 2.32. The highest BCUT2D eigenvalue weighted by Gasteiger charge is 2.22. The van der Waals surface area contributed by atoms with Gasteiger partial charge in [0.15, 0.2) is 15.0 Å². The molecular weight excluding hydrogens is 470 g/mol. The molecule has 174 valence electrons. The molecule has 0 radical (unpaired) electrons. The fourth-order valence-corrected chi connectivity index (χ4v) is 4.85. The van der Waals surface area contributed by atoms with E-state index >= 15 is 0 Å². The van der Waals surface area contributed by atoms with E-state index in [4.69, 9.17) is 4.74 Å². The van der Waals surface area contributed by atoms with Crippen LogP contribution in [0.15, 0.2) is 47.4 Å². The van der Waals surface area contributed by atoms with Gasteiger partial charge in [0.25, 0.3) is 5.91 Å². The molecule has 0 saturated heterocycles. The summed E-state index contributed by atoms with van der Waals surface area (Å²) in [6, 6.07) is 11.7.